The maximum absolute atomic E-state index is 12.2. The third kappa shape index (κ3) is 2.46. The SMILES string of the molecule is CN(Cc1ncc[nH]1)C(=O)c1ccncc1NN. The molecule has 0 bridgehead atoms. The number of pyridine rings is 1. The summed E-state index contributed by atoms with van der Waals surface area (Å²) in [7, 11) is 1.70. The van der Waals surface area contributed by atoms with Crippen molar-refractivity contribution in [1.29, 1.82) is 0 Å². The van der Waals surface area contributed by atoms with Gasteiger partial charge in [-0.3, -0.25) is 15.6 Å². The molecule has 2 rings (SSSR count). The number of nitrogens with one attached hydrogen (secondary N) is 2. The molecule has 0 aromatic carbocycles. The zero-order valence-electron chi connectivity index (χ0n) is 9.92. The normalized spacial score (nSPS) is 10.1. The van der Waals surface area contributed by atoms with Crippen molar-refractivity contribution in [1.82, 2.24) is 19.9 Å². The van der Waals surface area contributed by atoms with Gasteiger partial charge in [-0.05, 0) is 6.07 Å². The molecule has 94 valence electrons. The molecule has 0 unspecified atom stereocenters. The second kappa shape index (κ2) is 5.28. The highest BCUT2D eigenvalue weighted by atomic mass is 16.2. The summed E-state index contributed by atoms with van der Waals surface area (Å²) in [5, 5.41) is 0. The Balaban J connectivity index is 2.15. The number of nitrogens with zero attached hydrogens (tertiary/aromatic N) is 3. The quantitative estimate of drug-likeness (QED) is 0.534. The molecule has 0 radical (unpaired) electrons. The summed E-state index contributed by atoms with van der Waals surface area (Å²) < 4.78 is 0. The maximum atomic E-state index is 12.2. The molecule has 0 aliphatic carbocycles. The van der Waals surface area contributed by atoms with Gasteiger partial charge >= 0.3 is 0 Å². The third-order valence-corrected chi connectivity index (χ3v) is 2.50. The van der Waals surface area contributed by atoms with E-state index in [0.29, 0.717) is 17.8 Å². The van der Waals surface area contributed by atoms with Gasteiger partial charge in [0.2, 0.25) is 0 Å². The second-order valence-electron chi connectivity index (χ2n) is 3.76. The van der Waals surface area contributed by atoms with Gasteiger partial charge in [-0.15, -0.1) is 0 Å². The minimum absolute atomic E-state index is 0.151. The number of amides is 1. The summed E-state index contributed by atoms with van der Waals surface area (Å²) in [6, 6.07) is 1.62. The number of H-pyrrole nitrogens is 1. The standard InChI is InChI=1S/C11H14N6O/c1-17(7-10-14-4-5-15-10)11(18)8-2-3-13-6-9(8)16-12/h2-6,16H,7,12H2,1H3,(H,14,15). The summed E-state index contributed by atoms with van der Waals surface area (Å²) in [6.45, 7) is 0.401. The van der Waals surface area contributed by atoms with Gasteiger partial charge in [-0.25, -0.2) is 4.98 Å². The van der Waals surface area contributed by atoms with Crippen molar-refractivity contribution in [3.05, 3.63) is 42.2 Å². The summed E-state index contributed by atoms with van der Waals surface area (Å²) in [5.41, 5.74) is 3.42. The predicted molar refractivity (Wildman–Crippen MR) is 66.4 cm³/mol. The zero-order chi connectivity index (χ0) is 13.0. The Labute approximate surface area is 104 Å². The molecular weight excluding hydrogens is 232 g/mol. The number of nitrogen functional groups attached to an aromatic ring is 1. The summed E-state index contributed by atoms with van der Waals surface area (Å²) in [5.74, 6) is 5.92. The Kier molecular flexibility index (Phi) is 3.54. The first-order valence-electron chi connectivity index (χ1n) is 5.36. The highest BCUT2D eigenvalue weighted by molar-refractivity contribution is 5.99. The zero-order valence-corrected chi connectivity index (χ0v) is 9.92. The molecule has 2 aromatic heterocycles. The lowest BCUT2D eigenvalue weighted by Gasteiger charge is -2.17. The molecule has 4 N–H and O–H groups in total. The molecule has 18 heavy (non-hydrogen) atoms. The average Bonchev–Trinajstić information content (AvgIpc) is 2.90. The molecule has 7 nitrogen and oxygen atoms in total. The van der Waals surface area contributed by atoms with E-state index in [2.05, 4.69) is 20.4 Å². The van der Waals surface area contributed by atoms with Gasteiger partial charge in [0, 0.05) is 25.6 Å². The van der Waals surface area contributed by atoms with Gasteiger partial charge < -0.3 is 15.3 Å². The Bertz CT molecular complexity index is 524. The number of imidazole rings is 1. The van der Waals surface area contributed by atoms with Crippen LogP contribution < -0.4 is 11.3 Å². The second-order valence-corrected chi connectivity index (χ2v) is 3.76. The summed E-state index contributed by atoms with van der Waals surface area (Å²) in [6.07, 6.45) is 6.42. The van der Waals surface area contributed by atoms with Gasteiger partial charge in [0.25, 0.3) is 5.91 Å². The maximum Gasteiger partial charge on any atom is 0.256 e. The first-order chi connectivity index (χ1) is 8.72. The van der Waals surface area contributed by atoms with E-state index in [-0.39, 0.29) is 5.91 Å². The van der Waals surface area contributed by atoms with E-state index in [1.54, 1.807) is 36.6 Å². The van der Waals surface area contributed by atoms with E-state index in [4.69, 9.17) is 5.84 Å². The fourth-order valence-electron chi connectivity index (χ4n) is 1.58. The Morgan fingerprint density at radius 3 is 3.06 bits per heavy atom. The number of carbonyl (C=O) groups excluding carboxylic acids is 1. The van der Waals surface area contributed by atoms with Gasteiger partial charge in [0.15, 0.2) is 0 Å². The fourth-order valence-corrected chi connectivity index (χ4v) is 1.58. The highest BCUT2D eigenvalue weighted by Gasteiger charge is 2.16. The fraction of sp³-hybridized carbons (Fsp3) is 0.182. The van der Waals surface area contributed by atoms with E-state index in [0.717, 1.165) is 5.82 Å². The average molecular weight is 246 g/mol. The van der Waals surface area contributed by atoms with Crippen LogP contribution in [0.1, 0.15) is 16.2 Å². The van der Waals surface area contributed by atoms with Crippen molar-refractivity contribution < 1.29 is 4.79 Å². The van der Waals surface area contributed by atoms with Crippen molar-refractivity contribution in [2.45, 2.75) is 6.54 Å². The van der Waals surface area contributed by atoms with Crippen LogP contribution in [0.2, 0.25) is 0 Å². The number of rotatable bonds is 4. The van der Waals surface area contributed by atoms with Crippen LogP contribution in [0.3, 0.4) is 0 Å². The Hall–Kier alpha value is -2.41. The molecular formula is C11H14N6O. The van der Waals surface area contributed by atoms with Gasteiger partial charge in [0.05, 0.1) is 24.0 Å². The minimum atomic E-state index is -0.151. The molecule has 0 saturated carbocycles. The summed E-state index contributed by atoms with van der Waals surface area (Å²) >= 11 is 0. The molecule has 0 aliphatic rings. The topological polar surface area (TPSA) is 99.9 Å². The molecule has 0 fully saturated rings. The van der Waals surface area contributed by atoms with E-state index >= 15 is 0 Å². The van der Waals surface area contributed by atoms with E-state index in [1.165, 1.54) is 6.20 Å². The van der Waals surface area contributed by atoms with Crippen LogP contribution in [0.15, 0.2) is 30.9 Å². The molecule has 0 aliphatic heterocycles. The number of hydrogen-bond acceptors (Lipinski definition) is 5. The van der Waals surface area contributed by atoms with Crippen LogP contribution in [0, 0.1) is 0 Å². The van der Waals surface area contributed by atoms with E-state index < -0.39 is 0 Å². The van der Waals surface area contributed by atoms with Gasteiger partial charge in [0.1, 0.15) is 5.82 Å². The number of anilines is 1. The number of carbonyl (C=O) groups is 1. The van der Waals surface area contributed by atoms with Crippen LogP contribution in [-0.4, -0.2) is 32.8 Å². The molecule has 2 heterocycles. The molecule has 7 heteroatoms. The lowest BCUT2D eigenvalue weighted by Crippen LogP contribution is -2.28. The largest absolute Gasteiger partial charge is 0.347 e. The van der Waals surface area contributed by atoms with Gasteiger partial charge in [-0.1, -0.05) is 0 Å². The molecule has 1 amide bonds. The number of aromatic amines is 1. The monoisotopic (exact) mass is 246 g/mol. The van der Waals surface area contributed by atoms with E-state index in [9.17, 15) is 4.79 Å². The molecule has 0 atom stereocenters. The minimum Gasteiger partial charge on any atom is -0.347 e. The Morgan fingerprint density at radius 2 is 2.39 bits per heavy atom. The number of aromatic nitrogens is 3. The van der Waals surface area contributed by atoms with Gasteiger partial charge in [-0.2, -0.15) is 0 Å². The van der Waals surface area contributed by atoms with Crippen molar-refractivity contribution in [3.63, 3.8) is 0 Å². The number of nitrogens with two attached hydrogens (primary N) is 1. The lowest BCUT2D eigenvalue weighted by atomic mass is 10.2. The van der Waals surface area contributed by atoms with Crippen LogP contribution in [0.4, 0.5) is 5.69 Å². The Morgan fingerprint density at radius 1 is 1.56 bits per heavy atom. The molecule has 2 aromatic rings. The number of hydrazine groups is 1. The first kappa shape index (κ1) is 12.1. The van der Waals surface area contributed by atoms with Crippen molar-refractivity contribution in [3.8, 4) is 0 Å². The van der Waals surface area contributed by atoms with Crippen molar-refractivity contribution in [2.24, 2.45) is 5.84 Å². The molecule has 0 spiro atoms. The van der Waals surface area contributed by atoms with Crippen LogP contribution >= 0.6 is 0 Å². The van der Waals surface area contributed by atoms with Crippen LogP contribution in [0.5, 0.6) is 0 Å². The van der Waals surface area contributed by atoms with Crippen molar-refractivity contribution in [2.75, 3.05) is 12.5 Å². The smallest absolute Gasteiger partial charge is 0.256 e. The van der Waals surface area contributed by atoms with E-state index in [1.807, 2.05) is 0 Å². The highest BCUT2D eigenvalue weighted by Crippen LogP contribution is 2.14. The van der Waals surface area contributed by atoms with Crippen molar-refractivity contribution >= 4 is 11.6 Å². The van der Waals surface area contributed by atoms with Crippen LogP contribution in [-0.2, 0) is 6.54 Å². The summed E-state index contributed by atoms with van der Waals surface area (Å²) in [4.78, 5) is 24.7. The molecule has 0 saturated heterocycles. The van der Waals surface area contributed by atoms with Crippen LogP contribution in [0.25, 0.3) is 0 Å². The predicted octanol–water partition coefficient (Wildman–Crippen LogP) is 0.362. The number of hydrogen-bond donors (Lipinski definition) is 3. The first-order valence-corrected chi connectivity index (χ1v) is 5.36. The lowest BCUT2D eigenvalue weighted by molar-refractivity contribution is 0.0782. The third-order valence-electron chi connectivity index (χ3n) is 2.50.